The Balaban J connectivity index is 2.06. The van der Waals surface area contributed by atoms with Crippen molar-refractivity contribution in [3.8, 4) is 0 Å². The number of halogens is 2. The number of nitrogens with zero attached hydrogens (tertiary/aromatic N) is 1. The lowest BCUT2D eigenvalue weighted by Crippen LogP contribution is -2.47. The first kappa shape index (κ1) is 22.6. The van der Waals surface area contributed by atoms with Gasteiger partial charge in [0, 0.05) is 19.3 Å². The first-order valence-corrected chi connectivity index (χ1v) is 10.8. The van der Waals surface area contributed by atoms with Crippen LogP contribution in [0.4, 0.5) is 0 Å². The molecule has 0 radical (unpaired) electrons. The highest BCUT2D eigenvalue weighted by Crippen LogP contribution is 2.24. The van der Waals surface area contributed by atoms with Gasteiger partial charge in [-0.1, -0.05) is 59.1 Å². The van der Waals surface area contributed by atoms with Crippen LogP contribution in [-0.4, -0.2) is 35.6 Å². The van der Waals surface area contributed by atoms with Crippen molar-refractivity contribution < 1.29 is 9.59 Å². The molecule has 2 amide bonds. The molecule has 2 aromatic carbocycles. The number of carbonyl (C=O) groups is 2. The van der Waals surface area contributed by atoms with E-state index in [1.807, 2.05) is 13.0 Å². The molecule has 4 nitrogen and oxygen atoms in total. The van der Waals surface area contributed by atoms with Crippen molar-refractivity contribution in [2.24, 2.45) is 0 Å². The van der Waals surface area contributed by atoms with Gasteiger partial charge in [0.2, 0.25) is 11.8 Å². The largest absolute Gasteiger partial charge is 0.357 e. The fourth-order valence-electron chi connectivity index (χ4n) is 2.65. The van der Waals surface area contributed by atoms with Crippen LogP contribution in [0.3, 0.4) is 0 Å². The molecule has 0 heterocycles. The number of hydrogen-bond donors (Lipinski definition) is 1. The molecule has 1 atom stereocenters. The third-order valence-electron chi connectivity index (χ3n) is 4.37. The van der Waals surface area contributed by atoms with Crippen molar-refractivity contribution in [1.82, 2.24) is 10.2 Å². The highest BCUT2D eigenvalue weighted by Gasteiger charge is 2.25. The number of aryl methyl sites for hydroxylation is 1. The second kappa shape index (κ2) is 10.7. The van der Waals surface area contributed by atoms with Gasteiger partial charge in [-0.3, -0.25) is 9.59 Å². The lowest BCUT2D eigenvalue weighted by atomic mass is 10.1. The number of amides is 2. The molecule has 0 bridgehead atoms. The van der Waals surface area contributed by atoms with Crippen molar-refractivity contribution >= 4 is 46.8 Å². The molecule has 28 heavy (non-hydrogen) atoms. The fraction of sp³-hybridized carbons (Fsp3) is 0.333. The second-order valence-electron chi connectivity index (χ2n) is 6.54. The van der Waals surface area contributed by atoms with Crippen LogP contribution < -0.4 is 5.32 Å². The van der Waals surface area contributed by atoms with Crippen LogP contribution in [0.2, 0.25) is 10.0 Å². The number of thioether (sulfide) groups is 1. The number of hydrogen-bond acceptors (Lipinski definition) is 3. The minimum atomic E-state index is -0.591. The van der Waals surface area contributed by atoms with E-state index in [0.717, 1.165) is 11.3 Å². The molecule has 2 rings (SSSR count). The zero-order chi connectivity index (χ0) is 20.7. The summed E-state index contributed by atoms with van der Waals surface area (Å²) in [6.07, 6.45) is 0. The van der Waals surface area contributed by atoms with Crippen molar-refractivity contribution in [2.45, 2.75) is 32.2 Å². The Labute approximate surface area is 180 Å². The highest BCUT2D eigenvalue weighted by atomic mass is 35.5. The number of likely N-dealkylation sites (N-methyl/N-ethyl adjacent to an activating group) is 1. The van der Waals surface area contributed by atoms with E-state index in [-0.39, 0.29) is 24.1 Å². The molecule has 0 saturated heterocycles. The van der Waals surface area contributed by atoms with Crippen LogP contribution in [0.5, 0.6) is 0 Å². The molecule has 0 spiro atoms. The standard InChI is InChI=1S/C21H24Cl2N2O2S/c1-14-4-6-16(7-5-14)12-28-13-20(26)25(15(2)21(27)24-3)11-17-8-9-18(22)19(23)10-17/h4-10,15H,11-13H2,1-3H3,(H,24,27)/t15-/m0/s1. The average molecular weight is 439 g/mol. The SMILES string of the molecule is CNC(=O)[C@H](C)N(Cc1ccc(Cl)c(Cl)c1)C(=O)CSCc1ccc(C)cc1. The number of benzene rings is 2. The van der Waals surface area contributed by atoms with Crippen LogP contribution in [0.25, 0.3) is 0 Å². The summed E-state index contributed by atoms with van der Waals surface area (Å²) in [6, 6.07) is 12.9. The molecule has 7 heteroatoms. The van der Waals surface area contributed by atoms with Gasteiger partial charge in [0.25, 0.3) is 0 Å². The van der Waals surface area contributed by atoms with E-state index < -0.39 is 6.04 Å². The summed E-state index contributed by atoms with van der Waals surface area (Å²) in [5, 5.41) is 3.49. The molecule has 0 aromatic heterocycles. The van der Waals surface area contributed by atoms with Crippen molar-refractivity contribution in [2.75, 3.05) is 12.8 Å². The topological polar surface area (TPSA) is 49.4 Å². The van der Waals surface area contributed by atoms with E-state index in [9.17, 15) is 9.59 Å². The minimum absolute atomic E-state index is 0.0979. The molecule has 0 aliphatic carbocycles. The highest BCUT2D eigenvalue weighted by molar-refractivity contribution is 7.99. The summed E-state index contributed by atoms with van der Waals surface area (Å²) in [7, 11) is 1.56. The maximum atomic E-state index is 12.9. The van der Waals surface area contributed by atoms with Gasteiger partial charge in [0.1, 0.15) is 6.04 Å². The van der Waals surface area contributed by atoms with Gasteiger partial charge < -0.3 is 10.2 Å². The van der Waals surface area contributed by atoms with E-state index in [4.69, 9.17) is 23.2 Å². The minimum Gasteiger partial charge on any atom is -0.357 e. The van der Waals surface area contributed by atoms with Gasteiger partial charge in [-0.05, 0) is 37.1 Å². The smallest absolute Gasteiger partial charge is 0.242 e. The van der Waals surface area contributed by atoms with E-state index in [1.54, 1.807) is 31.0 Å². The molecule has 0 saturated carbocycles. The zero-order valence-electron chi connectivity index (χ0n) is 16.2. The Morgan fingerprint density at radius 2 is 1.71 bits per heavy atom. The summed E-state index contributed by atoms with van der Waals surface area (Å²) in [4.78, 5) is 26.6. The first-order valence-electron chi connectivity index (χ1n) is 8.90. The summed E-state index contributed by atoms with van der Waals surface area (Å²) in [5.41, 5.74) is 3.19. The van der Waals surface area contributed by atoms with Gasteiger partial charge in [-0.25, -0.2) is 0 Å². The number of carbonyl (C=O) groups excluding carboxylic acids is 2. The van der Waals surface area contributed by atoms with Gasteiger partial charge in [-0.15, -0.1) is 11.8 Å². The second-order valence-corrected chi connectivity index (χ2v) is 8.34. The average Bonchev–Trinajstić information content (AvgIpc) is 2.69. The lowest BCUT2D eigenvalue weighted by Gasteiger charge is -2.28. The van der Waals surface area contributed by atoms with Crippen molar-refractivity contribution in [1.29, 1.82) is 0 Å². The van der Waals surface area contributed by atoms with Gasteiger partial charge in [0.05, 0.1) is 15.8 Å². The van der Waals surface area contributed by atoms with Crippen LogP contribution in [0.1, 0.15) is 23.6 Å². The molecule has 0 fully saturated rings. The Morgan fingerprint density at radius 3 is 2.32 bits per heavy atom. The number of nitrogens with one attached hydrogen (secondary N) is 1. The third kappa shape index (κ3) is 6.43. The fourth-order valence-corrected chi connectivity index (χ4v) is 3.84. The molecule has 2 aromatic rings. The third-order valence-corrected chi connectivity index (χ3v) is 6.09. The maximum Gasteiger partial charge on any atom is 0.242 e. The molecule has 1 N–H and O–H groups in total. The van der Waals surface area contributed by atoms with Crippen molar-refractivity contribution in [3.05, 3.63) is 69.2 Å². The molecule has 0 unspecified atom stereocenters. The van der Waals surface area contributed by atoms with Gasteiger partial charge >= 0.3 is 0 Å². The molecule has 0 aliphatic rings. The maximum absolute atomic E-state index is 12.9. The van der Waals surface area contributed by atoms with Crippen molar-refractivity contribution in [3.63, 3.8) is 0 Å². The van der Waals surface area contributed by atoms with E-state index >= 15 is 0 Å². The van der Waals surface area contributed by atoms with Crippen LogP contribution in [-0.2, 0) is 21.9 Å². The predicted molar refractivity (Wildman–Crippen MR) is 118 cm³/mol. The summed E-state index contributed by atoms with van der Waals surface area (Å²) < 4.78 is 0. The molecule has 150 valence electrons. The van der Waals surface area contributed by atoms with Gasteiger partial charge in [0.15, 0.2) is 0 Å². The predicted octanol–water partition coefficient (Wildman–Crippen LogP) is 4.70. The van der Waals surface area contributed by atoms with Gasteiger partial charge in [-0.2, -0.15) is 0 Å². The summed E-state index contributed by atoms with van der Waals surface area (Å²) in [6.45, 7) is 4.05. The van der Waals surface area contributed by atoms with E-state index in [1.165, 1.54) is 22.9 Å². The zero-order valence-corrected chi connectivity index (χ0v) is 18.5. The summed E-state index contributed by atoms with van der Waals surface area (Å²) >= 11 is 13.6. The quantitative estimate of drug-likeness (QED) is 0.649. The van der Waals surface area contributed by atoms with E-state index in [2.05, 4.69) is 29.6 Å². The lowest BCUT2D eigenvalue weighted by molar-refractivity contribution is -0.138. The molecular weight excluding hydrogens is 415 g/mol. The van der Waals surface area contributed by atoms with Crippen LogP contribution in [0.15, 0.2) is 42.5 Å². The Hall–Kier alpha value is -1.69. The molecular formula is C21H24Cl2N2O2S. The Kier molecular flexibility index (Phi) is 8.67. The van der Waals surface area contributed by atoms with Crippen LogP contribution >= 0.6 is 35.0 Å². The van der Waals surface area contributed by atoms with Crippen LogP contribution in [0, 0.1) is 6.92 Å². The monoisotopic (exact) mass is 438 g/mol. The summed E-state index contributed by atoms with van der Waals surface area (Å²) in [5.74, 6) is 0.716. The molecule has 0 aliphatic heterocycles. The Bertz CT molecular complexity index is 828. The van der Waals surface area contributed by atoms with E-state index in [0.29, 0.717) is 10.0 Å². The normalized spacial score (nSPS) is 11.8. The Morgan fingerprint density at radius 1 is 1.07 bits per heavy atom. The first-order chi connectivity index (χ1) is 13.3. The number of rotatable bonds is 8.